The molecule has 1 rings (SSSR count). The molecule has 0 aliphatic heterocycles. The largest absolute Gasteiger partial charge is 0.360 e. The van der Waals surface area contributed by atoms with Crippen molar-refractivity contribution >= 4 is 11.7 Å². The first-order valence-electron chi connectivity index (χ1n) is 4.12. The van der Waals surface area contributed by atoms with Crippen LogP contribution >= 0.6 is 0 Å². The van der Waals surface area contributed by atoms with Gasteiger partial charge in [0.05, 0.1) is 6.07 Å². The molecule has 0 radical (unpaired) electrons. The molecule has 5 heteroatoms. The van der Waals surface area contributed by atoms with Gasteiger partial charge in [-0.05, 0) is 20.8 Å². The van der Waals surface area contributed by atoms with Gasteiger partial charge in [-0.25, -0.2) is 0 Å². The van der Waals surface area contributed by atoms with Crippen molar-refractivity contribution < 1.29 is 9.32 Å². The van der Waals surface area contributed by atoms with E-state index in [0.29, 0.717) is 11.6 Å². The lowest BCUT2D eigenvalue weighted by Crippen LogP contribution is -2.29. The molecule has 0 fully saturated rings. The van der Waals surface area contributed by atoms with Crippen molar-refractivity contribution in [2.24, 2.45) is 5.41 Å². The summed E-state index contributed by atoms with van der Waals surface area (Å²) in [6.45, 7) is 4.79. The Labute approximate surface area is 81.7 Å². The number of aromatic nitrogens is 1. The fourth-order valence-electron chi connectivity index (χ4n) is 0.749. The molecule has 0 bridgehead atoms. The molecule has 0 saturated carbocycles. The summed E-state index contributed by atoms with van der Waals surface area (Å²) in [5.74, 6) is 0.541. The predicted octanol–water partition coefficient (Wildman–Crippen LogP) is 1.47. The van der Waals surface area contributed by atoms with E-state index >= 15 is 0 Å². The first-order valence-corrected chi connectivity index (χ1v) is 4.12. The lowest BCUT2D eigenvalue weighted by molar-refractivity contribution is -0.121. The lowest BCUT2D eigenvalue weighted by atomic mass is 9.95. The van der Waals surface area contributed by atoms with Crippen molar-refractivity contribution in [3.63, 3.8) is 0 Å². The summed E-state index contributed by atoms with van der Waals surface area (Å²) in [5, 5.41) is 14.8. The molecule has 1 aromatic heterocycles. The highest BCUT2D eigenvalue weighted by atomic mass is 16.5. The van der Waals surface area contributed by atoms with Crippen LogP contribution in [0.4, 0.5) is 5.82 Å². The molecule has 0 aliphatic carbocycles. The van der Waals surface area contributed by atoms with Crippen LogP contribution in [-0.4, -0.2) is 11.1 Å². The Morgan fingerprint density at radius 2 is 2.36 bits per heavy atom. The van der Waals surface area contributed by atoms with Crippen LogP contribution in [-0.2, 0) is 4.79 Å². The number of nitrogens with one attached hydrogen (secondary N) is 1. The van der Waals surface area contributed by atoms with Crippen molar-refractivity contribution in [2.75, 3.05) is 5.32 Å². The zero-order valence-corrected chi connectivity index (χ0v) is 8.29. The quantitative estimate of drug-likeness (QED) is 0.771. The fraction of sp³-hybridized carbons (Fsp3) is 0.444. The number of hydrogen-bond acceptors (Lipinski definition) is 4. The third-order valence-electron chi connectivity index (χ3n) is 1.72. The number of hydrogen-bond donors (Lipinski definition) is 1. The SMILES string of the molecule is Cc1cc(NC(=O)C(C)(C)C#N)no1. The highest BCUT2D eigenvalue weighted by Gasteiger charge is 2.27. The number of aryl methyl sites for hydroxylation is 1. The molecule has 14 heavy (non-hydrogen) atoms. The molecule has 0 saturated heterocycles. The van der Waals surface area contributed by atoms with E-state index < -0.39 is 11.3 Å². The molecule has 5 nitrogen and oxygen atoms in total. The summed E-state index contributed by atoms with van der Waals surface area (Å²) in [6.07, 6.45) is 0. The van der Waals surface area contributed by atoms with E-state index in [2.05, 4.69) is 10.5 Å². The third-order valence-corrected chi connectivity index (χ3v) is 1.72. The van der Waals surface area contributed by atoms with Gasteiger partial charge in [-0.1, -0.05) is 5.16 Å². The van der Waals surface area contributed by atoms with E-state index in [1.807, 2.05) is 6.07 Å². The maximum atomic E-state index is 11.5. The first kappa shape index (κ1) is 10.3. The van der Waals surface area contributed by atoms with Crippen LogP contribution in [0.15, 0.2) is 10.6 Å². The number of anilines is 1. The normalized spacial score (nSPS) is 10.7. The van der Waals surface area contributed by atoms with Crippen LogP contribution in [0.5, 0.6) is 0 Å². The van der Waals surface area contributed by atoms with Gasteiger partial charge >= 0.3 is 0 Å². The smallest absolute Gasteiger partial charge is 0.245 e. The topological polar surface area (TPSA) is 78.9 Å². The molecular formula is C9H11N3O2. The average Bonchev–Trinajstić information content (AvgIpc) is 2.51. The van der Waals surface area contributed by atoms with E-state index in [1.54, 1.807) is 13.0 Å². The van der Waals surface area contributed by atoms with Gasteiger partial charge in [0.1, 0.15) is 11.2 Å². The highest BCUT2D eigenvalue weighted by Crippen LogP contribution is 2.16. The van der Waals surface area contributed by atoms with Gasteiger partial charge in [-0.15, -0.1) is 0 Å². The maximum Gasteiger partial charge on any atom is 0.245 e. The highest BCUT2D eigenvalue weighted by molar-refractivity contribution is 5.95. The second-order valence-corrected chi connectivity index (χ2v) is 3.51. The van der Waals surface area contributed by atoms with Gasteiger partial charge in [-0.2, -0.15) is 5.26 Å². The van der Waals surface area contributed by atoms with Crippen LogP contribution in [0, 0.1) is 23.7 Å². The van der Waals surface area contributed by atoms with Crippen LogP contribution in [0.2, 0.25) is 0 Å². The summed E-state index contributed by atoms with van der Waals surface area (Å²) >= 11 is 0. The van der Waals surface area contributed by atoms with Gasteiger partial charge in [0, 0.05) is 6.07 Å². The van der Waals surface area contributed by atoms with Crippen LogP contribution < -0.4 is 5.32 Å². The molecule has 0 atom stereocenters. The van der Waals surface area contributed by atoms with Gasteiger partial charge in [0.2, 0.25) is 5.91 Å². The number of nitrogens with zero attached hydrogens (tertiary/aromatic N) is 2. The lowest BCUT2D eigenvalue weighted by Gasteiger charge is -2.12. The molecular weight excluding hydrogens is 182 g/mol. The third kappa shape index (κ3) is 2.10. The predicted molar refractivity (Wildman–Crippen MR) is 49.3 cm³/mol. The zero-order chi connectivity index (χ0) is 10.8. The van der Waals surface area contributed by atoms with Crippen LogP contribution in [0.25, 0.3) is 0 Å². The molecule has 0 aromatic carbocycles. The Balaban J connectivity index is 2.72. The summed E-state index contributed by atoms with van der Waals surface area (Å²) in [5.41, 5.74) is -1.06. The molecule has 1 aromatic rings. The summed E-state index contributed by atoms with van der Waals surface area (Å²) in [7, 11) is 0. The van der Waals surface area contributed by atoms with E-state index in [-0.39, 0.29) is 0 Å². The monoisotopic (exact) mass is 193 g/mol. The Hall–Kier alpha value is -1.83. The fourth-order valence-corrected chi connectivity index (χ4v) is 0.749. The minimum absolute atomic E-state index is 0.329. The summed E-state index contributed by atoms with van der Waals surface area (Å²) in [4.78, 5) is 11.5. The van der Waals surface area contributed by atoms with Crippen molar-refractivity contribution in [3.05, 3.63) is 11.8 Å². The number of amides is 1. The number of carbonyl (C=O) groups excluding carboxylic acids is 1. The molecule has 74 valence electrons. The van der Waals surface area contributed by atoms with E-state index in [0.717, 1.165) is 0 Å². The van der Waals surface area contributed by atoms with Crippen LogP contribution in [0.3, 0.4) is 0 Å². The molecule has 0 spiro atoms. The van der Waals surface area contributed by atoms with Crippen LogP contribution in [0.1, 0.15) is 19.6 Å². The molecule has 1 amide bonds. The summed E-state index contributed by atoms with van der Waals surface area (Å²) < 4.78 is 4.76. The molecule has 1 heterocycles. The molecule has 0 unspecified atom stereocenters. The average molecular weight is 193 g/mol. The van der Waals surface area contributed by atoms with E-state index in [4.69, 9.17) is 9.78 Å². The van der Waals surface area contributed by atoms with Gasteiger partial charge in [0.15, 0.2) is 5.82 Å². The van der Waals surface area contributed by atoms with Gasteiger partial charge in [-0.3, -0.25) is 4.79 Å². The van der Waals surface area contributed by atoms with E-state index in [9.17, 15) is 4.79 Å². The van der Waals surface area contributed by atoms with Crippen molar-refractivity contribution in [1.82, 2.24) is 5.16 Å². The van der Waals surface area contributed by atoms with Gasteiger partial charge in [0.25, 0.3) is 0 Å². The Morgan fingerprint density at radius 3 is 2.79 bits per heavy atom. The summed E-state index contributed by atoms with van der Waals surface area (Å²) in [6, 6.07) is 3.49. The minimum atomic E-state index is -1.06. The number of carbonyl (C=O) groups is 1. The van der Waals surface area contributed by atoms with Crippen molar-refractivity contribution in [1.29, 1.82) is 5.26 Å². The first-order chi connectivity index (χ1) is 6.45. The second kappa shape index (κ2) is 3.50. The standard InChI is InChI=1S/C9H11N3O2/c1-6-4-7(12-14-6)11-8(13)9(2,3)5-10/h4H,1-3H3,(H,11,12,13). The number of nitriles is 1. The maximum absolute atomic E-state index is 11.5. The number of rotatable bonds is 2. The minimum Gasteiger partial charge on any atom is -0.360 e. The van der Waals surface area contributed by atoms with E-state index in [1.165, 1.54) is 13.8 Å². The Bertz CT molecular complexity index is 387. The van der Waals surface area contributed by atoms with Crippen molar-refractivity contribution in [2.45, 2.75) is 20.8 Å². The zero-order valence-electron chi connectivity index (χ0n) is 8.29. The van der Waals surface area contributed by atoms with Crippen molar-refractivity contribution in [3.8, 4) is 6.07 Å². The Kier molecular flexibility index (Phi) is 2.56. The molecule has 1 N–H and O–H groups in total. The Morgan fingerprint density at radius 1 is 1.71 bits per heavy atom. The second-order valence-electron chi connectivity index (χ2n) is 3.51. The molecule has 0 aliphatic rings. The van der Waals surface area contributed by atoms with Gasteiger partial charge < -0.3 is 9.84 Å².